The van der Waals surface area contributed by atoms with E-state index in [4.69, 9.17) is 16.3 Å². The highest BCUT2D eigenvalue weighted by atomic mass is 35.5. The number of esters is 1. The van der Waals surface area contributed by atoms with Crippen molar-refractivity contribution < 1.29 is 37.0 Å². The fraction of sp³-hybridized carbons (Fsp3) is 0.133. The molecule has 0 aliphatic rings. The molecule has 0 radical (unpaired) electrons. The fourth-order valence-electron chi connectivity index (χ4n) is 4.09. The maximum absolute atomic E-state index is 13.5. The van der Waals surface area contributed by atoms with Crippen LogP contribution in [0.15, 0.2) is 84.9 Å². The lowest BCUT2D eigenvalue weighted by Crippen LogP contribution is -2.43. The Morgan fingerprint density at radius 1 is 0.900 bits per heavy atom. The second-order valence-corrected chi connectivity index (χ2v) is 9.30. The molecule has 0 saturated heterocycles. The summed E-state index contributed by atoms with van der Waals surface area (Å²) in [4.78, 5) is 25.6. The Kier molecular flexibility index (Phi) is 8.44. The summed E-state index contributed by atoms with van der Waals surface area (Å²) in [5.41, 5.74) is 1.47. The van der Waals surface area contributed by atoms with E-state index in [0.717, 1.165) is 24.8 Å². The number of carbonyl (C=O) groups excluding carboxylic acids is 2. The van der Waals surface area contributed by atoms with Crippen molar-refractivity contribution in [3.8, 4) is 28.0 Å². The summed E-state index contributed by atoms with van der Waals surface area (Å²) >= 11 is 5.86. The molecule has 4 aromatic rings. The van der Waals surface area contributed by atoms with Gasteiger partial charge in [-0.05, 0) is 64.2 Å². The average Bonchev–Trinajstić information content (AvgIpc) is 2.94. The third-order valence-electron chi connectivity index (χ3n) is 6.20. The molecule has 206 valence electrons. The average molecular weight is 572 g/mol. The topological polar surface area (TPSA) is 75.6 Å². The highest BCUT2D eigenvalue weighted by Crippen LogP contribution is 2.33. The number of phenols is 1. The zero-order valence-corrected chi connectivity index (χ0v) is 21.7. The van der Waals surface area contributed by atoms with Gasteiger partial charge in [-0.2, -0.15) is 13.2 Å². The number of carbonyl (C=O) groups is 2. The molecule has 1 unspecified atom stereocenters. The first-order valence-corrected chi connectivity index (χ1v) is 12.3. The number of hydrogen-bond acceptors (Lipinski definition) is 4. The van der Waals surface area contributed by atoms with Crippen LogP contribution in [0, 0.1) is 5.82 Å². The molecule has 2 N–H and O–H groups in total. The summed E-state index contributed by atoms with van der Waals surface area (Å²) in [6.07, 6.45) is -4.51. The lowest BCUT2D eigenvalue weighted by atomic mass is 9.99. The van der Waals surface area contributed by atoms with Gasteiger partial charge in [0.15, 0.2) is 0 Å². The van der Waals surface area contributed by atoms with E-state index in [2.05, 4.69) is 5.32 Å². The Balaban J connectivity index is 1.55. The van der Waals surface area contributed by atoms with Crippen LogP contribution in [0.1, 0.15) is 21.5 Å². The van der Waals surface area contributed by atoms with Crippen molar-refractivity contribution in [1.82, 2.24) is 5.32 Å². The van der Waals surface area contributed by atoms with Crippen molar-refractivity contribution >= 4 is 23.5 Å². The number of methoxy groups -OCH3 is 1. The van der Waals surface area contributed by atoms with Gasteiger partial charge in [0.25, 0.3) is 5.91 Å². The van der Waals surface area contributed by atoms with E-state index < -0.39 is 41.2 Å². The van der Waals surface area contributed by atoms with E-state index in [1.54, 1.807) is 30.3 Å². The number of phenolic OH excluding ortho intramolecular Hbond substituents is 1. The standard InChI is InChI=1S/C30H22ClF4NO4/c1-40-29(39)26(13-17-5-7-18(8-6-17)21-9-11-25(32)24(31)16-21)36-28(38)23-15-20(10-12-27(23)37)19-3-2-4-22(14-19)30(33,34)35/h2-12,14-16,26,37H,13H2,1H3,(H,36,38). The minimum Gasteiger partial charge on any atom is -0.507 e. The number of amides is 1. The molecular formula is C30H22ClF4NO4. The molecule has 40 heavy (non-hydrogen) atoms. The van der Waals surface area contributed by atoms with Gasteiger partial charge in [0.2, 0.25) is 0 Å². The first kappa shape index (κ1) is 28.6. The van der Waals surface area contributed by atoms with Crippen LogP contribution >= 0.6 is 11.6 Å². The molecule has 1 atom stereocenters. The molecule has 10 heteroatoms. The Hall–Kier alpha value is -4.37. The summed E-state index contributed by atoms with van der Waals surface area (Å²) in [5.74, 6) is -2.51. The van der Waals surface area contributed by atoms with Gasteiger partial charge >= 0.3 is 12.1 Å². The summed E-state index contributed by atoms with van der Waals surface area (Å²) in [6.45, 7) is 0. The Bertz CT molecular complexity index is 1550. The predicted molar refractivity (Wildman–Crippen MR) is 142 cm³/mol. The molecule has 5 nitrogen and oxygen atoms in total. The highest BCUT2D eigenvalue weighted by Gasteiger charge is 2.30. The molecular weight excluding hydrogens is 550 g/mol. The summed E-state index contributed by atoms with van der Waals surface area (Å²) in [5, 5.41) is 12.8. The Morgan fingerprint density at radius 2 is 1.52 bits per heavy atom. The SMILES string of the molecule is COC(=O)C(Cc1ccc(-c2ccc(F)c(Cl)c2)cc1)NC(=O)c1cc(-c2cccc(C(F)(F)F)c2)ccc1O. The van der Waals surface area contributed by atoms with Crippen LogP contribution in [-0.4, -0.2) is 30.1 Å². The van der Waals surface area contributed by atoms with Gasteiger partial charge in [0, 0.05) is 6.42 Å². The Morgan fingerprint density at radius 3 is 2.17 bits per heavy atom. The zero-order chi connectivity index (χ0) is 29.0. The van der Waals surface area contributed by atoms with Crippen molar-refractivity contribution in [2.45, 2.75) is 18.6 Å². The first-order chi connectivity index (χ1) is 19.0. The van der Waals surface area contributed by atoms with E-state index >= 15 is 0 Å². The van der Waals surface area contributed by atoms with Crippen LogP contribution in [0.5, 0.6) is 5.75 Å². The molecule has 0 aromatic heterocycles. The van der Waals surface area contributed by atoms with Crippen LogP contribution in [-0.2, 0) is 22.1 Å². The number of benzene rings is 4. The fourth-order valence-corrected chi connectivity index (χ4v) is 4.27. The number of halogens is 5. The van der Waals surface area contributed by atoms with E-state index in [0.29, 0.717) is 11.1 Å². The van der Waals surface area contributed by atoms with Crippen molar-refractivity contribution in [3.05, 3.63) is 112 Å². The maximum Gasteiger partial charge on any atom is 0.416 e. The van der Waals surface area contributed by atoms with Crippen LogP contribution < -0.4 is 5.32 Å². The molecule has 1 amide bonds. The zero-order valence-electron chi connectivity index (χ0n) is 20.9. The van der Waals surface area contributed by atoms with Crippen LogP contribution in [0.25, 0.3) is 22.3 Å². The number of aromatic hydroxyl groups is 1. The monoisotopic (exact) mass is 571 g/mol. The van der Waals surface area contributed by atoms with Gasteiger partial charge in [-0.25, -0.2) is 9.18 Å². The largest absolute Gasteiger partial charge is 0.507 e. The molecule has 0 saturated carbocycles. The summed E-state index contributed by atoms with van der Waals surface area (Å²) in [7, 11) is 1.16. The third-order valence-corrected chi connectivity index (χ3v) is 6.49. The lowest BCUT2D eigenvalue weighted by Gasteiger charge is -2.18. The number of rotatable bonds is 7. The first-order valence-electron chi connectivity index (χ1n) is 11.9. The van der Waals surface area contributed by atoms with Crippen molar-refractivity contribution in [3.63, 3.8) is 0 Å². The Labute approximate surface area is 232 Å². The number of nitrogens with one attached hydrogen (secondary N) is 1. The number of ether oxygens (including phenoxy) is 1. The van der Waals surface area contributed by atoms with Crippen molar-refractivity contribution in [2.24, 2.45) is 0 Å². The third kappa shape index (κ3) is 6.60. The van der Waals surface area contributed by atoms with E-state index in [1.165, 1.54) is 42.5 Å². The van der Waals surface area contributed by atoms with Gasteiger partial charge in [-0.1, -0.05) is 60.1 Å². The van der Waals surface area contributed by atoms with Crippen LogP contribution in [0.4, 0.5) is 17.6 Å². The van der Waals surface area contributed by atoms with Crippen LogP contribution in [0.3, 0.4) is 0 Å². The second-order valence-electron chi connectivity index (χ2n) is 8.89. The predicted octanol–water partition coefficient (Wildman–Crippen LogP) is 7.05. The van der Waals surface area contributed by atoms with Crippen molar-refractivity contribution in [2.75, 3.05) is 7.11 Å². The van der Waals surface area contributed by atoms with E-state index in [9.17, 15) is 32.3 Å². The van der Waals surface area contributed by atoms with Gasteiger partial charge in [0.05, 0.1) is 23.3 Å². The highest BCUT2D eigenvalue weighted by molar-refractivity contribution is 6.31. The minimum atomic E-state index is -4.55. The normalized spacial score (nSPS) is 12.1. The molecule has 0 aliphatic carbocycles. The van der Waals surface area contributed by atoms with E-state index in [1.807, 2.05) is 0 Å². The number of alkyl halides is 3. The quantitative estimate of drug-likeness (QED) is 0.184. The molecule has 0 aliphatic heterocycles. The van der Waals surface area contributed by atoms with Crippen LogP contribution in [0.2, 0.25) is 5.02 Å². The maximum atomic E-state index is 13.5. The second kappa shape index (κ2) is 11.8. The minimum absolute atomic E-state index is 0.0181. The molecule has 4 rings (SSSR count). The lowest BCUT2D eigenvalue weighted by molar-refractivity contribution is -0.143. The molecule has 0 bridgehead atoms. The molecule has 0 heterocycles. The molecule has 0 spiro atoms. The smallest absolute Gasteiger partial charge is 0.416 e. The molecule has 4 aromatic carbocycles. The van der Waals surface area contributed by atoms with Gasteiger partial charge in [0.1, 0.15) is 17.6 Å². The summed E-state index contributed by atoms with van der Waals surface area (Å²) in [6, 6.07) is 18.5. The van der Waals surface area contributed by atoms with Crippen molar-refractivity contribution in [1.29, 1.82) is 0 Å². The van der Waals surface area contributed by atoms with E-state index in [-0.39, 0.29) is 28.1 Å². The molecule has 0 fully saturated rings. The number of hydrogen-bond donors (Lipinski definition) is 2. The van der Waals surface area contributed by atoms with Gasteiger partial charge in [-0.3, -0.25) is 4.79 Å². The van der Waals surface area contributed by atoms with Gasteiger partial charge < -0.3 is 15.2 Å². The summed E-state index contributed by atoms with van der Waals surface area (Å²) < 4.78 is 57.8. The van der Waals surface area contributed by atoms with Gasteiger partial charge in [-0.15, -0.1) is 0 Å².